The van der Waals surface area contributed by atoms with Gasteiger partial charge in [-0.3, -0.25) is 10.1 Å². The Hall–Kier alpha value is -4.64. The lowest BCUT2D eigenvalue weighted by Gasteiger charge is -2.18. The zero-order valence-electron chi connectivity index (χ0n) is 18.2. The highest BCUT2D eigenvalue weighted by Gasteiger charge is 2.22. The average molecular weight is 487 g/mol. The summed E-state index contributed by atoms with van der Waals surface area (Å²) < 4.78 is 34.0. The van der Waals surface area contributed by atoms with E-state index in [4.69, 9.17) is 0 Å². The van der Waals surface area contributed by atoms with Crippen molar-refractivity contribution in [1.29, 1.82) is 0 Å². The summed E-state index contributed by atoms with van der Waals surface area (Å²) in [4.78, 5) is 19.4. The van der Waals surface area contributed by atoms with E-state index in [1.807, 2.05) is 34.9 Å². The van der Waals surface area contributed by atoms with Crippen molar-refractivity contribution in [1.82, 2.24) is 14.5 Å². The van der Waals surface area contributed by atoms with E-state index in [0.29, 0.717) is 17.6 Å². The summed E-state index contributed by atoms with van der Waals surface area (Å²) in [5, 5.41) is 11.1. The van der Waals surface area contributed by atoms with Crippen molar-refractivity contribution in [2.45, 2.75) is 11.4 Å². The minimum absolute atomic E-state index is 0.137. The molecule has 0 radical (unpaired) electrons. The maximum atomic E-state index is 13.2. The molecule has 35 heavy (non-hydrogen) atoms. The van der Waals surface area contributed by atoms with E-state index in [-0.39, 0.29) is 22.2 Å². The van der Waals surface area contributed by atoms with Crippen molar-refractivity contribution in [3.63, 3.8) is 0 Å². The Balaban J connectivity index is 1.71. The van der Waals surface area contributed by atoms with Crippen LogP contribution in [0.2, 0.25) is 0 Å². The van der Waals surface area contributed by atoms with Crippen LogP contribution >= 0.6 is 0 Å². The zero-order valence-corrected chi connectivity index (χ0v) is 19.0. The van der Waals surface area contributed by atoms with Crippen LogP contribution < -0.4 is 4.57 Å². The molecule has 0 aliphatic rings. The van der Waals surface area contributed by atoms with Crippen molar-refractivity contribution in [2.24, 2.45) is 0 Å². The number of rotatable bonds is 7. The number of imidazole rings is 1. The van der Waals surface area contributed by atoms with E-state index in [0.717, 1.165) is 17.1 Å². The van der Waals surface area contributed by atoms with Crippen LogP contribution in [0.4, 0.5) is 11.5 Å². The number of para-hydroxylation sites is 4. The standard InChI is InChI=1S/C24H18N6O4S/c1-2-14-28-16-29(22-13-6-5-12-21(22)28)24-23(25-19-10-3-4-11-20(19)26-24)27-35(33,34)18-9-7-8-17(15-18)30(31)32/h2-13,15-16H,1,14H2. The SMILES string of the molecule is C=CC[n+]1cn(-c2nc3ccccc3nc2[N-]S(=O)(=O)c2cccc([N+](=O)[O-])c2)c2ccccc21. The van der Waals surface area contributed by atoms with Gasteiger partial charge < -0.3 is 9.71 Å². The molecule has 3 aromatic carbocycles. The van der Waals surface area contributed by atoms with Gasteiger partial charge in [0.2, 0.25) is 15.8 Å². The summed E-state index contributed by atoms with van der Waals surface area (Å²) in [6.45, 7) is 4.32. The molecule has 0 spiro atoms. The van der Waals surface area contributed by atoms with E-state index in [1.54, 1.807) is 35.2 Å². The van der Waals surface area contributed by atoms with Gasteiger partial charge >= 0.3 is 0 Å². The lowest BCUT2D eigenvalue weighted by atomic mass is 10.3. The molecule has 0 unspecified atom stereocenters. The molecular formula is C24H18N6O4S. The van der Waals surface area contributed by atoms with Gasteiger partial charge in [0.1, 0.15) is 6.54 Å². The number of allylic oxidation sites excluding steroid dienone is 1. The number of fused-ring (bicyclic) bond motifs is 2. The maximum Gasteiger partial charge on any atom is 0.270 e. The number of hydrogen-bond donors (Lipinski definition) is 0. The molecule has 2 heterocycles. The number of benzene rings is 3. The highest BCUT2D eigenvalue weighted by Crippen LogP contribution is 2.34. The Morgan fingerprint density at radius 1 is 1.03 bits per heavy atom. The summed E-state index contributed by atoms with van der Waals surface area (Å²) in [5.41, 5.74) is 2.31. The van der Waals surface area contributed by atoms with E-state index in [1.165, 1.54) is 18.2 Å². The molecule has 5 aromatic rings. The zero-order chi connectivity index (χ0) is 24.6. The van der Waals surface area contributed by atoms with Gasteiger partial charge in [-0.1, -0.05) is 49.1 Å². The third-order valence-corrected chi connectivity index (χ3v) is 6.59. The second-order valence-corrected chi connectivity index (χ2v) is 9.20. The number of nitrogens with zero attached hydrogens (tertiary/aromatic N) is 6. The molecule has 0 aliphatic carbocycles. The normalized spacial score (nSPS) is 11.5. The minimum Gasteiger partial charge on any atom is -0.429 e. The van der Waals surface area contributed by atoms with Crippen LogP contribution in [0, 0.1) is 10.1 Å². The quantitative estimate of drug-likeness (QED) is 0.146. The molecule has 0 atom stereocenters. The first-order valence-corrected chi connectivity index (χ1v) is 11.9. The molecule has 0 saturated carbocycles. The Morgan fingerprint density at radius 2 is 1.74 bits per heavy atom. The Labute approximate surface area is 200 Å². The van der Waals surface area contributed by atoms with E-state index >= 15 is 0 Å². The number of aromatic nitrogens is 4. The van der Waals surface area contributed by atoms with Gasteiger partial charge in [-0.2, -0.15) is 4.57 Å². The molecular weight excluding hydrogens is 468 g/mol. The fourth-order valence-corrected chi connectivity index (χ4v) is 4.73. The predicted octanol–water partition coefficient (Wildman–Crippen LogP) is 4.35. The molecule has 0 aliphatic heterocycles. The highest BCUT2D eigenvalue weighted by atomic mass is 32.2. The summed E-state index contributed by atoms with van der Waals surface area (Å²) in [5.74, 6) is 0.0680. The van der Waals surface area contributed by atoms with Crippen molar-refractivity contribution in [3.05, 3.63) is 107 Å². The monoisotopic (exact) mass is 486 g/mol. The van der Waals surface area contributed by atoms with Gasteiger partial charge in [-0.05, 0) is 29.8 Å². The van der Waals surface area contributed by atoms with Crippen molar-refractivity contribution >= 4 is 43.6 Å². The van der Waals surface area contributed by atoms with Gasteiger partial charge in [0.15, 0.2) is 11.0 Å². The van der Waals surface area contributed by atoms with Gasteiger partial charge in [0.25, 0.3) is 12.0 Å². The molecule has 174 valence electrons. The van der Waals surface area contributed by atoms with Crippen molar-refractivity contribution < 1.29 is 17.9 Å². The molecule has 10 nitrogen and oxygen atoms in total. The highest BCUT2D eigenvalue weighted by molar-refractivity contribution is 7.94. The molecule has 11 heteroatoms. The fraction of sp³-hybridized carbons (Fsp3) is 0.0417. The number of sulfonamides is 1. The first-order chi connectivity index (χ1) is 16.9. The molecule has 5 rings (SSSR count). The first-order valence-electron chi connectivity index (χ1n) is 10.5. The van der Waals surface area contributed by atoms with Gasteiger partial charge in [0, 0.05) is 18.0 Å². The largest absolute Gasteiger partial charge is 0.429 e. The van der Waals surface area contributed by atoms with Crippen LogP contribution in [-0.2, 0) is 16.6 Å². The predicted molar refractivity (Wildman–Crippen MR) is 130 cm³/mol. The van der Waals surface area contributed by atoms with Crippen molar-refractivity contribution in [3.8, 4) is 5.82 Å². The van der Waals surface area contributed by atoms with Crippen LogP contribution in [0.15, 0.2) is 96.7 Å². The van der Waals surface area contributed by atoms with Crippen LogP contribution in [0.3, 0.4) is 0 Å². The lowest BCUT2D eigenvalue weighted by molar-refractivity contribution is -0.661. The first kappa shape index (κ1) is 22.2. The van der Waals surface area contributed by atoms with E-state index in [9.17, 15) is 18.5 Å². The van der Waals surface area contributed by atoms with Crippen molar-refractivity contribution in [2.75, 3.05) is 0 Å². The molecule has 0 amide bonds. The molecule has 0 saturated heterocycles. The number of nitro groups is 1. The van der Waals surface area contributed by atoms with Gasteiger partial charge in [-0.25, -0.2) is 18.0 Å². The summed E-state index contributed by atoms with van der Waals surface area (Å²) >= 11 is 0. The van der Waals surface area contributed by atoms with Crippen LogP contribution in [0.25, 0.3) is 32.6 Å². The van der Waals surface area contributed by atoms with Gasteiger partial charge in [-0.15, -0.1) is 0 Å². The number of nitro benzene ring substituents is 1. The molecule has 0 bridgehead atoms. The smallest absolute Gasteiger partial charge is 0.270 e. The fourth-order valence-electron chi connectivity index (χ4n) is 3.76. The summed E-state index contributed by atoms with van der Waals surface area (Å²) in [6, 6.07) is 19.4. The lowest BCUT2D eigenvalue weighted by Crippen LogP contribution is -2.30. The number of non-ortho nitro benzene ring substituents is 1. The van der Waals surface area contributed by atoms with Crippen LogP contribution in [0.5, 0.6) is 0 Å². The Bertz CT molecular complexity index is 1730. The third kappa shape index (κ3) is 4.08. The molecule has 0 N–H and O–H groups in total. The topological polar surface area (TPSA) is 126 Å². The minimum atomic E-state index is -4.34. The van der Waals surface area contributed by atoms with Crippen LogP contribution in [0.1, 0.15) is 0 Å². The van der Waals surface area contributed by atoms with Crippen LogP contribution in [-0.4, -0.2) is 27.9 Å². The second kappa shape index (κ2) is 8.61. The van der Waals surface area contributed by atoms with Gasteiger partial charge in [0.05, 0.1) is 15.3 Å². The van der Waals surface area contributed by atoms with E-state index in [2.05, 4.69) is 21.3 Å². The second-order valence-electron chi connectivity index (χ2n) is 7.60. The Kier molecular flexibility index (Phi) is 5.46. The summed E-state index contributed by atoms with van der Waals surface area (Å²) in [7, 11) is -4.34. The summed E-state index contributed by atoms with van der Waals surface area (Å²) in [6.07, 6.45) is 3.53. The van der Waals surface area contributed by atoms with E-state index < -0.39 is 14.9 Å². The Morgan fingerprint density at radius 3 is 2.49 bits per heavy atom. The number of hydrogen-bond acceptors (Lipinski definition) is 6. The average Bonchev–Trinajstić information content (AvgIpc) is 3.22. The third-order valence-electron chi connectivity index (χ3n) is 5.33. The maximum absolute atomic E-state index is 13.2. The molecule has 0 fully saturated rings. The molecule has 2 aromatic heterocycles.